The molecule has 0 amide bonds. The minimum atomic E-state index is -1.45. The molecule has 0 aromatic heterocycles. The maximum absolute atomic E-state index is 10.0. The third kappa shape index (κ3) is 5.81. The maximum atomic E-state index is 10.0. The van der Waals surface area contributed by atoms with Crippen molar-refractivity contribution >= 4 is 18.3 Å². The Kier molecular flexibility index (Phi) is 9.15. The Hall–Kier alpha value is -2.56. The van der Waals surface area contributed by atoms with Crippen LogP contribution in [0.5, 0.6) is 0 Å². The van der Waals surface area contributed by atoms with E-state index in [-0.39, 0.29) is 5.41 Å². The van der Waals surface area contributed by atoms with E-state index in [1.807, 2.05) is 6.07 Å². The first-order valence-corrected chi connectivity index (χ1v) is 14.3. The molecule has 196 valence electrons. The minimum Gasteiger partial charge on any atom is -0.423 e. The van der Waals surface area contributed by atoms with Gasteiger partial charge in [-0.15, -0.1) is 0 Å². The van der Waals surface area contributed by atoms with E-state index in [0.29, 0.717) is 5.46 Å². The quantitative estimate of drug-likeness (QED) is 0.192. The van der Waals surface area contributed by atoms with Crippen LogP contribution in [0.1, 0.15) is 89.2 Å². The molecule has 4 rings (SSSR count). The molecule has 0 unspecified atom stereocenters. The SMILES string of the molecule is CCCCCCC1(CCCCCC)c2cc(B(O)O)ccc2-c2ccc(-c3ccc(N(C)C)cc3)cc21. The van der Waals surface area contributed by atoms with Crippen molar-refractivity contribution in [3.63, 3.8) is 0 Å². The van der Waals surface area contributed by atoms with Gasteiger partial charge in [0.2, 0.25) is 0 Å². The molecule has 0 bridgehead atoms. The van der Waals surface area contributed by atoms with Crippen molar-refractivity contribution in [2.24, 2.45) is 0 Å². The van der Waals surface area contributed by atoms with E-state index in [0.717, 1.165) is 12.8 Å². The Morgan fingerprint density at radius 3 is 1.73 bits per heavy atom. The molecule has 3 nitrogen and oxygen atoms in total. The van der Waals surface area contributed by atoms with Gasteiger partial charge in [-0.05, 0) is 69.9 Å². The summed E-state index contributed by atoms with van der Waals surface area (Å²) in [6.07, 6.45) is 12.0. The van der Waals surface area contributed by atoms with Gasteiger partial charge in [-0.2, -0.15) is 0 Å². The van der Waals surface area contributed by atoms with Gasteiger partial charge < -0.3 is 14.9 Å². The number of unbranched alkanes of at least 4 members (excludes halogenated alkanes) is 6. The van der Waals surface area contributed by atoms with Crippen LogP contribution in [0.2, 0.25) is 0 Å². The van der Waals surface area contributed by atoms with Crippen molar-refractivity contribution in [2.75, 3.05) is 19.0 Å². The number of fused-ring (bicyclic) bond motifs is 3. The molecule has 1 aliphatic carbocycles. The van der Waals surface area contributed by atoms with E-state index >= 15 is 0 Å². The van der Waals surface area contributed by atoms with Crippen LogP contribution >= 0.6 is 0 Å². The molecule has 0 spiro atoms. The average molecular weight is 498 g/mol. The first-order chi connectivity index (χ1) is 17.9. The highest BCUT2D eigenvalue weighted by atomic mass is 16.4. The van der Waals surface area contributed by atoms with Crippen LogP contribution in [0.4, 0.5) is 5.69 Å². The Bertz CT molecular complexity index is 1160. The van der Waals surface area contributed by atoms with Gasteiger partial charge in [-0.1, -0.05) is 108 Å². The Morgan fingerprint density at radius 1 is 0.649 bits per heavy atom. The van der Waals surface area contributed by atoms with Crippen LogP contribution in [-0.2, 0) is 5.41 Å². The molecule has 2 N–H and O–H groups in total. The van der Waals surface area contributed by atoms with Crippen molar-refractivity contribution in [3.8, 4) is 22.3 Å². The van der Waals surface area contributed by atoms with E-state index in [9.17, 15) is 10.0 Å². The number of anilines is 1. The van der Waals surface area contributed by atoms with Gasteiger partial charge in [0.05, 0.1) is 0 Å². The van der Waals surface area contributed by atoms with Crippen LogP contribution in [-0.4, -0.2) is 31.3 Å². The molecule has 0 atom stereocenters. The molecule has 3 aromatic rings. The topological polar surface area (TPSA) is 43.7 Å². The van der Waals surface area contributed by atoms with Gasteiger partial charge in [-0.3, -0.25) is 0 Å². The molecular formula is C33H44BNO2. The van der Waals surface area contributed by atoms with Crippen LogP contribution in [0.25, 0.3) is 22.3 Å². The summed E-state index contributed by atoms with van der Waals surface area (Å²) in [7, 11) is 2.70. The monoisotopic (exact) mass is 497 g/mol. The van der Waals surface area contributed by atoms with Crippen LogP contribution in [0, 0.1) is 0 Å². The zero-order valence-corrected chi connectivity index (χ0v) is 23.3. The minimum absolute atomic E-state index is 0.0867. The second-order valence-electron chi connectivity index (χ2n) is 11.1. The highest BCUT2D eigenvalue weighted by Gasteiger charge is 2.42. The normalized spacial score (nSPS) is 13.4. The third-order valence-corrected chi connectivity index (χ3v) is 8.31. The standard InChI is InChI=1S/C33H44BNO2/c1-5-7-9-11-21-33(22-12-10-8-6-2)31-23-26(25-13-17-28(18-14-25)35(3)4)15-19-29(31)30-20-16-27(34(36)37)24-32(30)33/h13-20,23-24,36-37H,5-12,21-22H2,1-4H3. The largest absolute Gasteiger partial charge is 0.488 e. The zero-order chi connectivity index (χ0) is 26.4. The van der Waals surface area contributed by atoms with Gasteiger partial charge in [0.25, 0.3) is 0 Å². The first-order valence-electron chi connectivity index (χ1n) is 14.3. The molecular weight excluding hydrogens is 453 g/mol. The molecule has 1 aliphatic rings. The molecule has 3 aromatic carbocycles. The van der Waals surface area contributed by atoms with Crippen molar-refractivity contribution in [3.05, 3.63) is 71.8 Å². The van der Waals surface area contributed by atoms with E-state index in [4.69, 9.17) is 0 Å². The fourth-order valence-electron chi connectivity index (χ4n) is 6.18. The Labute approximate surface area is 224 Å². The zero-order valence-electron chi connectivity index (χ0n) is 23.3. The molecule has 0 aliphatic heterocycles. The number of hydrogen-bond donors (Lipinski definition) is 2. The second-order valence-corrected chi connectivity index (χ2v) is 11.1. The van der Waals surface area contributed by atoms with Crippen LogP contribution in [0.3, 0.4) is 0 Å². The van der Waals surface area contributed by atoms with E-state index in [1.165, 1.54) is 90.4 Å². The summed E-state index contributed by atoms with van der Waals surface area (Å²) in [6.45, 7) is 4.53. The fourth-order valence-corrected chi connectivity index (χ4v) is 6.18. The predicted octanol–water partition coefficient (Wildman–Crippen LogP) is 7.31. The maximum Gasteiger partial charge on any atom is 0.488 e. The van der Waals surface area contributed by atoms with Crippen molar-refractivity contribution < 1.29 is 10.0 Å². The van der Waals surface area contributed by atoms with Crippen LogP contribution < -0.4 is 10.4 Å². The number of nitrogens with zero attached hydrogens (tertiary/aromatic N) is 1. The predicted molar refractivity (Wildman–Crippen MR) is 160 cm³/mol. The average Bonchev–Trinajstić information content (AvgIpc) is 3.18. The van der Waals surface area contributed by atoms with Crippen molar-refractivity contribution in [1.29, 1.82) is 0 Å². The molecule has 0 saturated carbocycles. The van der Waals surface area contributed by atoms with Crippen LogP contribution in [0.15, 0.2) is 60.7 Å². The lowest BCUT2D eigenvalue weighted by Gasteiger charge is -2.33. The van der Waals surface area contributed by atoms with Crippen molar-refractivity contribution in [2.45, 2.75) is 83.5 Å². The fraction of sp³-hybridized carbons (Fsp3) is 0.455. The summed E-state index contributed by atoms with van der Waals surface area (Å²) in [6, 6.07) is 21.9. The summed E-state index contributed by atoms with van der Waals surface area (Å²) in [5.41, 5.74) is 9.50. The molecule has 0 radical (unpaired) electrons. The van der Waals surface area contributed by atoms with Gasteiger partial charge in [0.1, 0.15) is 0 Å². The smallest absolute Gasteiger partial charge is 0.423 e. The molecule has 0 saturated heterocycles. The number of hydrogen-bond acceptors (Lipinski definition) is 3. The first kappa shape index (κ1) is 27.5. The lowest BCUT2D eigenvalue weighted by atomic mass is 9.68. The molecule has 4 heteroatoms. The van der Waals surface area contributed by atoms with E-state index < -0.39 is 7.12 Å². The number of rotatable bonds is 13. The van der Waals surface area contributed by atoms with Crippen molar-refractivity contribution in [1.82, 2.24) is 0 Å². The highest BCUT2D eigenvalue weighted by Crippen LogP contribution is 2.54. The van der Waals surface area contributed by atoms with Gasteiger partial charge in [-0.25, -0.2) is 0 Å². The van der Waals surface area contributed by atoms with Gasteiger partial charge in [0, 0.05) is 25.2 Å². The Morgan fingerprint density at radius 2 is 1.19 bits per heavy atom. The van der Waals surface area contributed by atoms with E-state index in [1.54, 1.807) is 0 Å². The molecule has 37 heavy (non-hydrogen) atoms. The molecule has 0 fully saturated rings. The lowest BCUT2D eigenvalue weighted by molar-refractivity contribution is 0.400. The lowest BCUT2D eigenvalue weighted by Crippen LogP contribution is -2.32. The summed E-state index contributed by atoms with van der Waals surface area (Å²) in [5.74, 6) is 0. The summed E-state index contributed by atoms with van der Waals surface area (Å²) in [4.78, 5) is 2.13. The summed E-state index contributed by atoms with van der Waals surface area (Å²) in [5, 5.41) is 20.1. The van der Waals surface area contributed by atoms with Gasteiger partial charge in [0.15, 0.2) is 0 Å². The Balaban J connectivity index is 1.82. The number of benzene rings is 3. The third-order valence-electron chi connectivity index (χ3n) is 8.31. The summed E-state index contributed by atoms with van der Waals surface area (Å²) < 4.78 is 0. The highest BCUT2D eigenvalue weighted by molar-refractivity contribution is 6.58. The van der Waals surface area contributed by atoms with E-state index in [2.05, 4.69) is 87.4 Å². The second kappa shape index (κ2) is 12.3. The molecule has 0 heterocycles. The summed E-state index contributed by atoms with van der Waals surface area (Å²) >= 11 is 0. The van der Waals surface area contributed by atoms with Gasteiger partial charge >= 0.3 is 7.12 Å².